The molecule has 0 saturated carbocycles. The van der Waals surface area contributed by atoms with Crippen molar-refractivity contribution >= 4 is 11.8 Å². The van der Waals surface area contributed by atoms with Gasteiger partial charge in [0, 0.05) is 24.2 Å². The van der Waals surface area contributed by atoms with Crippen molar-refractivity contribution in [3.8, 4) is 28.0 Å². The van der Waals surface area contributed by atoms with E-state index in [1.807, 2.05) is 53.4 Å². The molecule has 0 radical (unpaired) electrons. The molecule has 0 unspecified atom stereocenters. The largest absolute Gasteiger partial charge is 0.497 e. The summed E-state index contributed by atoms with van der Waals surface area (Å²) in [5, 5.41) is 0. The topological polar surface area (TPSA) is 81.9 Å². The number of benzene rings is 3. The van der Waals surface area contributed by atoms with Crippen LogP contribution in [0.1, 0.15) is 31.8 Å². The first-order valence-electron chi connectivity index (χ1n) is 10.7. The summed E-state index contributed by atoms with van der Waals surface area (Å²) in [5.41, 5.74) is 12.7. The standard InChI is InChI=1S/C26H24N2O4/c1-31-20-6-4-16(5-7-20)19-14-22-21-13-18(26(30)28-8-10-32-11-9-28)3-2-17(21)12-23(22)24(15-19)25(27)29/h2-7,13-15H,8-12H2,1H3,(H2,27,29). The van der Waals surface area contributed by atoms with Crippen LogP contribution in [-0.2, 0) is 11.2 Å². The lowest BCUT2D eigenvalue weighted by Crippen LogP contribution is -2.40. The van der Waals surface area contributed by atoms with E-state index in [1.165, 1.54) is 0 Å². The highest BCUT2D eigenvalue weighted by Gasteiger charge is 2.27. The molecule has 1 fully saturated rings. The molecule has 3 aromatic carbocycles. The summed E-state index contributed by atoms with van der Waals surface area (Å²) in [6, 6.07) is 17.4. The minimum atomic E-state index is -0.450. The van der Waals surface area contributed by atoms with Crippen LogP contribution in [0.4, 0.5) is 0 Å². The molecule has 6 nitrogen and oxygen atoms in total. The van der Waals surface area contributed by atoms with Gasteiger partial charge in [-0.1, -0.05) is 18.2 Å². The molecule has 0 aromatic heterocycles. The zero-order chi connectivity index (χ0) is 22.2. The second-order valence-electron chi connectivity index (χ2n) is 8.10. The van der Waals surface area contributed by atoms with Gasteiger partial charge in [-0.2, -0.15) is 0 Å². The summed E-state index contributed by atoms with van der Waals surface area (Å²) in [7, 11) is 1.63. The molecule has 32 heavy (non-hydrogen) atoms. The number of carbonyl (C=O) groups is 2. The molecule has 3 aromatic rings. The van der Waals surface area contributed by atoms with Gasteiger partial charge in [0.25, 0.3) is 5.91 Å². The molecule has 6 heteroatoms. The van der Waals surface area contributed by atoms with Crippen molar-refractivity contribution in [2.45, 2.75) is 6.42 Å². The number of morpholine rings is 1. The molecule has 0 bridgehead atoms. The average Bonchev–Trinajstić information content (AvgIpc) is 3.21. The van der Waals surface area contributed by atoms with Crippen LogP contribution >= 0.6 is 0 Å². The van der Waals surface area contributed by atoms with Gasteiger partial charge in [0.15, 0.2) is 0 Å². The molecular weight excluding hydrogens is 404 g/mol. The highest BCUT2D eigenvalue weighted by Crippen LogP contribution is 2.41. The van der Waals surface area contributed by atoms with Crippen LogP contribution in [0.25, 0.3) is 22.3 Å². The number of nitrogens with two attached hydrogens (primary N) is 1. The van der Waals surface area contributed by atoms with Crippen LogP contribution in [-0.4, -0.2) is 50.1 Å². The Hall–Kier alpha value is -3.64. The average molecular weight is 428 g/mol. The van der Waals surface area contributed by atoms with Gasteiger partial charge < -0.3 is 20.1 Å². The molecule has 162 valence electrons. The molecule has 1 aliphatic carbocycles. The van der Waals surface area contributed by atoms with Gasteiger partial charge in [0.05, 0.1) is 20.3 Å². The smallest absolute Gasteiger partial charge is 0.254 e. The molecule has 5 rings (SSSR count). The maximum atomic E-state index is 13.0. The van der Waals surface area contributed by atoms with E-state index in [-0.39, 0.29) is 5.91 Å². The minimum absolute atomic E-state index is 0.00554. The van der Waals surface area contributed by atoms with Gasteiger partial charge in [-0.3, -0.25) is 9.59 Å². The Morgan fingerprint density at radius 3 is 2.38 bits per heavy atom. The Balaban J connectivity index is 1.58. The number of rotatable bonds is 4. The summed E-state index contributed by atoms with van der Waals surface area (Å²) in [4.78, 5) is 27.2. The lowest BCUT2D eigenvalue weighted by molar-refractivity contribution is 0.0303. The van der Waals surface area contributed by atoms with E-state index >= 15 is 0 Å². The number of hydrogen-bond donors (Lipinski definition) is 1. The summed E-state index contributed by atoms with van der Waals surface area (Å²) >= 11 is 0. The number of hydrogen-bond acceptors (Lipinski definition) is 4. The molecule has 1 heterocycles. The van der Waals surface area contributed by atoms with Crippen molar-refractivity contribution in [2.75, 3.05) is 33.4 Å². The van der Waals surface area contributed by atoms with Gasteiger partial charge in [0.1, 0.15) is 5.75 Å². The summed E-state index contributed by atoms with van der Waals surface area (Å²) in [6.45, 7) is 2.32. The van der Waals surface area contributed by atoms with Gasteiger partial charge in [0.2, 0.25) is 5.91 Å². The van der Waals surface area contributed by atoms with Crippen LogP contribution in [0.5, 0.6) is 5.75 Å². The Kier molecular flexibility index (Phi) is 5.15. The Bertz CT molecular complexity index is 1210. The zero-order valence-electron chi connectivity index (χ0n) is 17.9. The Morgan fingerprint density at radius 1 is 0.938 bits per heavy atom. The lowest BCUT2D eigenvalue weighted by Gasteiger charge is -2.27. The summed E-state index contributed by atoms with van der Waals surface area (Å²) < 4.78 is 10.6. The van der Waals surface area contributed by atoms with E-state index < -0.39 is 5.91 Å². The van der Waals surface area contributed by atoms with Gasteiger partial charge in [-0.05, 0) is 76.2 Å². The highest BCUT2D eigenvalue weighted by molar-refractivity contribution is 6.01. The van der Waals surface area contributed by atoms with Crippen molar-refractivity contribution in [3.05, 3.63) is 76.9 Å². The van der Waals surface area contributed by atoms with Crippen molar-refractivity contribution < 1.29 is 19.1 Å². The maximum absolute atomic E-state index is 13.0. The number of amides is 2. The Labute approximate surface area is 186 Å². The molecule has 2 amide bonds. The lowest BCUT2D eigenvalue weighted by atomic mass is 9.93. The highest BCUT2D eigenvalue weighted by atomic mass is 16.5. The second kappa shape index (κ2) is 8.13. The number of carbonyl (C=O) groups excluding carboxylic acids is 2. The minimum Gasteiger partial charge on any atom is -0.497 e. The third-order valence-electron chi connectivity index (χ3n) is 6.25. The summed E-state index contributed by atoms with van der Waals surface area (Å²) in [6.07, 6.45) is 0.623. The quantitative estimate of drug-likeness (QED) is 0.539. The zero-order valence-corrected chi connectivity index (χ0v) is 17.9. The molecule has 0 atom stereocenters. The first-order chi connectivity index (χ1) is 15.5. The van der Waals surface area contributed by atoms with E-state index in [0.29, 0.717) is 43.9 Å². The number of fused-ring (bicyclic) bond motifs is 3. The second-order valence-corrected chi connectivity index (χ2v) is 8.10. The van der Waals surface area contributed by atoms with Crippen LogP contribution in [0, 0.1) is 0 Å². The molecule has 2 aliphatic rings. The van der Waals surface area contributed by atoms with Crippen molar-refractivity contribution in [1.82, 2.24) is 4.90 Å². The SMILES string of the molecule is COc1ccc(-c2cc(C(N)=O)c3c(c2)-c2cc(C(=O)N4CCOCC4)ccc2C3)cc1. The van der Waals surface area contributed by atoms with E-state index in [2.05, 4.69) is 6.07 Å². The third kappa shape index (κ3) is 3.52. The molecular formula is C26H24N2O4. The number of nitrogens with zero attached hydrogens (tertiary/aromatic N) is 1. The van der Waals surface area contributed by atoms with Gasteiger partial charge in [-0.25, -0.2) is 0 Å². The van der Waals surface area contributed by atoms with E-state index in [0.717, 1.165) is 39.1 Å². The summed E-state index contributed by atoms with van der Waals surface area (Å²) in [5.74, 6) is 0.321. The molecule has 2 N–H and O–H groups in total. The Morgan fingerprint density at radius 2 is 1.69 bits per heavy atom. The predicted molar refractivity (Wildman–Crippen MR) is 122 cm³/mol. The maximum Gasteiger partial charge on any atom is 0.254 e. The number of ether oxygens (including phenoxy) is 2. The first-order valence-corrected chi connectivity index (χ1v) is 10.7. The van der Waals surface area contributed by atoms with Crippen LogP contribution < -0.4 is 10.5 Å². The molecule has 1 aliphatic heterocycles. The van der Waals surface area contributed by atoms with Crippen LogP contribution in [0.3, 0.4) is 0 Å². The first kappa shape index (κ1) is 20.3. The predicted octanol–water partition coefficient (Wildman–Crippen LogP) is 3.50. The molecule has 1 saturated heterocycles. The number of methoxy groups -OCH3 is 1. The van der Waals surface area contributed by atoms with E-state index in [1.54, 1.807) is 7.11 Å². The van der Waals surface area contributed by atoms with Gasteiger partial charge in [-0.15, -0.1) is 0 Å². The van der Waals surface area contributed by atoms with Crippen LogP contribution in [0.2, 0.25) is 0 Å². The third-order valence-corrected chi connectivity index (χ3v) is 6.25. The normalized spacial score (nSPS) is 14.6. The van der Waals surface area contributed by atoms with Gasteiger partial charge >= 0.3 is 0 Å². The van der Waals surface area contributed by atoms with E-state index in [9.17, 15) is 9.59 Å². The fraction of sp³-hybridized carbons (Fsp3) is 0.231. The fourth-order valence-corrected chi connectivity index (χ4v) is 4.53. The van der Waals surface area contributed by atoms with E-state index in [4.69, 9.17) is 15.2 Å². The fourth-order valence-electron chi connectivity index (χ4n) is 4.53. The van der Waals surface area contributed by atoms with Crippen LogP contribution in [0.15, 0.2) is 54.6 Å². The van der Waals surface area contributed by atoms with Crippen molar-refractivity contribution in [2.24, 2.45) is 5.73 Å². The van der Waals surface area contributed by atoms with Crippen molar-refractivity contribution in [1.29, 1.82) is 0 Å². The molecule has 0 spiro atoms. The number of primary amides is 1. The monoisotopic (exact) mass is 428 g/mol. The van der Waals surface area contributed by atoms with Crippen molar-refractivity contribution in [3.63, 3.8) is 0 Å².